The molecular weight excluding hydrogens is 132 g/mol. The van der Waals surface area contributed by atoms with Gasteiger partial charge in [-0.2, -0.15) is 0 Å². The smallest absolute Gasteiger partial charge is 0.337 e. The van der Waals surface area contributed by atoms with Gasteiger partial charge >= 0.3 is 11.9 Å². The maximum Gasteiger partial charge on any atom is 0.337 e. The van der Waals surface area contributed by atoms with Crippen LogP contribution in [0.25, 0.3) is 0 Å². The molecule has 0 aliphatic carbocycles. The van der Waals surface area contributed by atoms with E-state index >= 15 is 0 Å². The van der Waals surface area contributed by atoms with Crippen LogP contribution in [0.3, 0.4) is 0 Å². The van der Waals surface area contributed by atoms with E-state index in [4.69, 9.17) is 0 Å². The lowest BCUT2D eigenvalue weighted by molar-refractivity contribution is -0.158. The average Bonchev–Trinajstić information content (AvgIpc) is 1.87. The molecule has 10 heavy (non-hydrogen) atoms. The van der Waals surface area contributed by atoms with Crippen LogP contribution in [-0.4, -0.2) is 11.9 Å². The van der Waals surface area contributed by atoms with Crippen LogP contribution in [0.15, 0.2) is 12.7 Å². The average molecular weight is 142 g/mol. The molecule has 0 aromatic rings. The number of rotatable bonds is 2. The van der Waals surface area contributed by atoms with Crippen molar-refractivity contribution in [1.29, 1.82) is 0 Å². The summed E-state index contributed by atoms with van der Waals surface area (Å²) in [7, 11) is 0. The normalized spacial score (nSPS) is 9.10. The van der Waals surface area contributed by atoms with Gasteiger partial charge in [-0.1, -0.05) is 20.4 Å². The Morgan fingerprint density at radius 2 is 2.00 bits per heavy atom. The largest absolute Gasteiger partial charge is 0.390 e. The minimum atomic E-state index is -0.696. The second-order valence-electron chi connectivity index (χ2n) is 2.10. The molecule has 3 nitrogen and oxygen atoms in total. The van der Waals surface area contributed by atoms with Crippen molar-refractivity contribution in [3.8, 4) is 0 Å². The van der Waals surface area contributed by atoms with Crippen molar-refractivity contribution in [2.45, 2.75) is 13.8 Å². The molecule has 0 fully saturated rings. The topological polar surface area (TPSA) is 43.4 Å². The molecule has 0 bridgehead atoms. The molecule has 0 radical (unpaired) electrons. The van der Waals surface area contributed by atoms with Crippen LogP contribution in [0.1, 0.15) is 13.8 Å². The number of hydrogen-bond donors (Lipinski definition) is 0. The maximum absolute atomic E-state index is 10.6. The van der Waals surface area contributed by atoms with E-state index in [0.717, 1.165) is 6.08 Å². The summed E-state index contributed by atoms with van der Waals surface area (Å²) in [6.45, 7) is 6.45. The lowest BCUT2D eigenvalue weighted by atomic mass is 10.2. The summed E-state index contributed by atoms with van der Waals surface area (Å²) in [5, 5.41) is 0. The van der Waals surface area contributed by atoms with Gasteiger partial charge < -0.3 is 4.74 Å². The van der Waals surface area contributed by atoms with E-state index in [2.05, 4.69) is 11.3 Å². The van der Waals surface area contributed by atoms with E-state index in [1.807, 2.05) is 0 Å². The van der Waals surface area contributed by atoms with E-state index in [-0.39, 0.29) is 5.92 Å². The summed E-state index contributed by atoms with van der Waals surface area (Å²) in [6, 6.07) is 0. The van der Waals surface area contributed by atoms with E-state index in [1.54, 1.807) is 13.8 Å². The highest BCUT2D eigenvalue weighted by molar-refractivity contribution is 5.92. The molecular formula is C7H10O3. The van der Waals surface area contributed by atoms with E-state index in [9.17, 15) is 9.59 Å². The van der Waals surface area contributed by atoms with Gasteiger partial charge in [0.1, 0.15) is 0 Å². The molecule has 0 aromatic carbocycles. The number of carbonyl (C=O) groups is 2. The molecule has 0 saturated carbocycles. The highest BCUT2D eigenvalue weighted by Gasteiger charge is 2.10. The monoisotopic (exact) mass is 142 g/mol. The van der Waals surface area contributed by atoms with Gasteiger partial charge in [0.2, 0.25) is 0 Å². The van der Waals surface area contributed by atoms with Crippen LogP contribution in [0, 0.1) is 5.92 Å². The van der Waals surface area contributed by atoms with Gasteiger partial charge in [0.15, 0.2) is 0 Å². The van der Waals surface area contributed by atoms with E-state index in [0.29, 0.717) is 0 Å². The lowest BCUT2D eigenvalue weighted by Crippen LogP contribution is -2.15. The van der Waals surface area contributed by atoms with Crippen molar-refractivity contribution < 1.29 is 14.3 Å². The third kappa shape index (κ3) is 3.02. The molecule has 0 unspecified atom stereocenters. The van der Waals surface area contributed by atoms with Gasteiger partial charge in [-0.05, 0) is 0 Å². The van der Waals surface area contributed by atoms with E-state index < -0.39 is 11.9 Å². The van der Waals surface area contributed by atoms with Crippen LogP contribution in [0.5, 0.6) is 0 Å². The summed E-state index contributed by atoms with van der Waals surface area (Å²) < 4.78 is 4.27. The molecule has 0 aromatic heterocycles. The van der Waals surface area contributed by atoms with Crippen molar-refractivity contribution in [2.75, 3.05) is 0 Å². The fourth-order valence-corrected chi connectivity index (χ4v) is 0.259. The zero-order valence-electron chi connectivity index (χ0n) is 6.09. The first-order chi connectivity index (χ1) is 4.57. The molecule has 0 aliphatic heterocycles. The lowest BCUT2D eigenvalue weighted by Gasteiger charge is -2.00. The second-order valence-corrected chi connectivity index (χ2v) is 2.10. The zero-order chi connectivity index (χ0) is 8.15. The molecule has 0 amide bonds. The molecule has 0 heterocycles. The SMILES string of the molecule is C=CC(=O)OC(=O)C(C)C. The predicted molar refractivity (Wildman–Crippen MR) is 36.1 cm³/mol. The Bertz CT molecular complexity index is 158. The summed E-state index contributed by atoms with van der Waals surface area (Å²) in [5.41, 5.74) is 0. The summed E-state index contributed by atoms with van der Waals surface area (Å²) in [5.74, 6) is -1.49. The first kappa shape index (κ1) is 8.88. The number of carbonyl (C=O) groups excluding carboxylic acids is 2. The number of hydrogen-bond acceptors (Lipinski definition) is 3. The molecule has 3 heteroatoms. The Morgan fingerprint density at radius 1 is 1.50 bits per heavy atom. The van der Waals surface area contributed by atoms with Crippen molar-refractivity contribution in [1.82, 2.24) is 0 Å². The molecule has 0 saturated heterocycles. The first-order valence-electron chi connectivity index (χ1n) is 2.96. The van der Waals surface area contributed by atoms with Crippen molar-refractivity contribution >= 4 is 11.9 Å². The first-order valence-corrected chi connectivity index (χ1v) is 2.96. The Morgan fingerprint density at radius 3 is 2.30 bits per heavy atom. The van der Waals surface area contributed by atoms with Crippen LogP contribution in [0.2, 0.25) is 0 Å². The van der Waals surface area contributed by atoms with Gasteiger partial charge in [-0.15, -0.1) is 0 Å². The van der Waals surface area contributed by atoms with Crippen molar-refractivity contribution in [3.63, 3.8) is 0 Å². The summed E-state index contributed by atoms with van der Waals surface area (Å²) in [4.78, 5) is 21.0. The molecule has 0 spiro atoms. The Kier molecular flexibility index (Phi) is 3.39. The third-order valence-electron chi connectivity index (χ3n) is 0.839. The van der Waals surface area contributed by atoms with Gasteiger partial charge in [-0.25, -0.2) is 4.79 Å². The Labute approximate surface area is 59.7 Å². The Balaban J connectivity index is 3.80. The van der Waals surface area contributed by atoms with Gasteiger partial charge in [0.05, 0.1) is 5.92 Å². The Hall–Kier alpha value is -1.12. The molecule has 0 atom stereocenters. The number of ether oxygens (including phenoxy) is 1. The zero-order valence-corrected chi connectivity index (χ0v) is 6.09. The highest BCUT2D eigenvalue weighted by Crippen LogP contribution is 1.95. The standard InChI is InChI=1S/C7H10O3/c1-4-6(8)10-7(9)5(2)3/h4-5H,1H2,2-3H3. The van der Waals surface area contributed by atoms with Gasteiger partial charge in [-0.3, -0.25) is 4.79 Å². The maximum atomic E-state index is 10.6. The second kappa shape index (κ2) is 3.82. The summed E-state index contributed by atoms with van der Waals surface area (Å²) in [6.07, 6.45) is 0.959. The summed E-state index contributed by atoms with van der Waals surface area (Å²) >= 11 is 0. The minimum absolute atomic E-state index is 0.274. The molecule has 0 N–H and O–H groups in total. The molecule has 0 aliphatic rings. The van der Waals surface area contributed by atoms with Crippen LogP contribution < -0.4 is 0 Å². The van der Waals surface area contributed by atoms with E-state index in [1.165, 1.54) is 0 Å². The third-order valence-corrected chi connectivity index (χ3v) is 0.839. The van der Waals surface area contributed by atoms with Crippen LogP contribution >= 0.6 is 0 Å². The van der Waals surface area contributed by atoms with Crippen LogP contribution in [-0.2, 0) is 14.3 Å². The van der Waals surface area contributed by atoms with Gasteiger partial charge in [0.25, 0.3) is 0 Å². The minimum Gasteiger partial charge on any atom is -0.390 e. The molecule has 56 valence electrons. The predicted octanol–water partition coefficient (Wildman–Crippen LogP) is 0.898. The fourth-order valence-electron chi connectivity index (χ4n) is 0.259. The van der Waals surface area contributed by atoms with Crippen molar-refractivity contribution in [2.24, 2.45) is 5.92 Å². The highest BCUT2D eigenvalue weighted by atomic mass is 16.6. The quantitative estimate of drug-likeness (QED) is 0.327. The van der Waals surface area contributed by atoms with Gasteiger partial charge in [0, 0.05) is 6.08 Å². The molecule has 0 rings (SSSR count). The number of esters is 2. The van der Waals surface area contributed by atoms with Crippen LogP contribution in [0.4, 0.5) is 0 Å². The van der Waals surface area contributed by atoms with Crippen molar-refractivity contribution in [3.05, 3.63) is 12.7 Å². The fraction of sp³-hybridized carbons (Fsp3) is 0.429.